The highest BCUT2D eigenvalue weighted by Gasteiger charge is 2.15. The molecule has 1 aliphatic rings. The third-order valence-corrected chi connectivity index (χ3v) is 3.88. The van der Waals surface area contributed by atoms with Gasteiger partial charge in [-0.25, -0.2) is 0 Å². The molecule has 0 saturated carbocycles. The number of nitrogens with one attached hydrogen (secondary N) is 1. The van der Waals surface area contributed by atoms with Crippen molar-refractivity contribution in [2.24, 2.45) is 5.92 Å². The van der Waals surface area contributed by atoms with Gasteiger partial charge in [0.2, 0.25) is 0 Å². The van der Waals surface area contributed by atoms with Gasteiger partial charge < -0.3 is 14.6 Å². The maximum atomic E-state index is 5.36. The van der Waals surface area contributed by atoms with E-state index in [0.717, 1.165) is 24.6 Å². The summed E-state index contributed by atoms with van der Waals surface area (Å²) >= 11 is 0. The monoisotopic (exact) mass is 250 g/mol. The van der Waals surface area contributed by atoms with Crippen LogP contribution in [0.15, 0.2) is 22.8 Å². The van der Waals surface area contributed by atoms with Crippen LogP contribution in [0, 0.1) is 5.92 Å². The number of piperidine rings is 1. The van der Waals surface area contributed by atoms with Crippen LogP contribution < -0.4 is 5.32 Å². The summed E-state index contributed by atoms with van der Waals surface area (Å²) in [7, 11) is 0. The van der Waals surface area contributed by atoms with Crippen LogP contribution in [0.3, 0.4) is 0 Å². The fraction of sp³-hybridized carbons (Fsp3) is 0.733. The molecule has 3 nitrogen and oxygen atoms in total. The average molecular weight is 250 g/mol. The summed E-state index contributed by atoms with van der Waals surface area (Å²) in [5.41, 5.74) is 0. The molecule has 0 aromatic carbocycles. The van der Waals surface area contributed by atoms with E-state index >= 15 is 0 Å². The molecule has 2 rings (SSSR count). The van der Waals surface area contributed by atoms with Gasteiger partial charge in [0.1, 0.15) is 5.76 Å². The summed E-state index contributed by atoms with van der Waals surface area (Å²) < 4.78 is 5.36. The Hall–Kier alpha value is -0.800. The van der Waals surface area contributed by atoms with E-state index in [1.165, 1.54) is 32.5 Å². The second-order valence-electron chi connectivity index (χ2n) is 5.66. The Labute approximate surface area is 111 Å². The first-order valence-electron chi connectivity index (χ1n) is 7.22. The van der Waals surface area contributed by atoms with Crippen LogP contribution in [0.5, 0.6) is 0 Å². The van der Waals surface area contributed by atoms with E-state index in [9.17, 15) is 0 Å². The van der Waals surface area contributed by atoms with Gasteiger partial charge in [-0.15, -0.1) is 0 Å². The Bertz CT molecular complexity index is 315. The van der Waals surface area contributed by atoms with Gasteiger partial charge in [0.15, 0.2) is 0 Å². The lowest BCUT2D eigenvalue weighted by Crippen LogP contribution is -2.40. The molecule has 1 atom stereocenters. The summed E-state index contributed by atoms with van der Waals surface area (Å²) in [4.78, 5) is 2.58. The molecule has 18 heavy (non-hydrogen) atoms. The molecule has 0 spiro atoms. The van der Waals surface area contributed by atoms with Gasteiger partial charge in [0.25, 0.3) is 0 Å². The summed E-state index contributed by atoms with van der Waals surface area (Å²) in [6, 6.07) is 4.49. The van der Waals surface area contributed by atoms with Gasteiger partial charge in [0.05, 0.1) is 6.26 Å². The molecule has 1 aliphatic heterocycles. The second kappa shape index (κ2) is 6.95. The summed E-state index contributed by atoms with van der Waals surface area (Å²) in [5, 5.41) is 3.58. The van der Waals surface area contributed by atoms with Gasteiger partial charge in [-0.2, -0.15) is 0 Å². The third kappa shape index (κ3) is 4.46. The van der Waals surface area contributed by atoms with Crippen molar-refractivity contribution >= 4 is 0 Å². The molecule has 1 fully saturated rings. The van der Waals surface area contributed by atoms with Gasteiger partial charge >= 0.3 is 0 Å². The highest BCUT2D eigenvalue weighted by Crippen LogP contribution is 2.15. The van der Waals surface area contributed by atoms with Crippen molar-refractivity contribution in [1.29, 1.82) is 0 Å². The number of rotatable bonds is 6. The SMILES string of the molecule is CC1CCN(CCNC(C)Cc2ccco2)CC1. The molecule has 0 radical (unpaired) electrons. The van der Waals surface area contributed by atoms with Crippen molar-refractivity contribution in [1.82, 2.24) is 10.2 Å². The van der Waals surface area contributed by atoms with Crippen molar-refractivity contribution in [2.75, 3.05) is 26.2 Å². The van der Waals surface area contributed by atoms with Crippen molar-refractivity contribution in [3.63, 3.8) is 0 Å². The maximum Gasteiger partial charge on any atom is 0.105 e. The highest BCUT2D eigenvalue weighted by atomic mass is 16.3. The largest absolute Gasteiger partial charge is 0.469 e. The second-order valence-corrected chi connectivity index (χ2v) is 5.66. The smallest absolute Gasteiger partial charge is 0.105 e. The summed E-state index contributed by atoms with van der Waals surface area (Å²) in [5.74, 6) is 1.99. The Morgan fingerprint density at radius 2 is 2.22 bits per heavy atom. The normalized spacial score (nSPS) is 20.1. The maximum absolute atomic E-state index is 5.36. The van der Waals surface area contributed by atoms with Crippen LogP contribution in [0.2, 0.25) is 0 Å². The minimum atomic E-state index is 0.486. The van der Waals surface area contributed by atoms with Gasteiger partial charge in [0, 0.05) is 25.6 Å². The molecule has 0 amide bonds. The van der Waals surface area contributed by atoms with Gasteiger partial charge in [-0.1, -0.05) is 6.92 Å². The zero-order valence-corrected chi connectivity index (χ0v) is 11.7. The molecule has 1 aromatic heterocycles. The Morgan fingerprint density at radius 1 is 1.44 bits per heavy atom. The minimum Gasteiger partial charge on any atom is -0.469 e. The molecular weight excluding hydrogens is 224 g/mol. The van der Waals surface area contributed by atoms with Crippen molar-refractivity contribution in [3.05, 3.63) is 24.2 Å². The lowest BCUT2D eigenvalue weighted by atomic mass is 9.99. The molecule has 1 aromatic rings. The fourth-order valence-electron chi connectivity index (χ4n) is 2.56. The molecule has 3 heteroatoms. The topological polar surface area (TPSA) is 28.4 Å². The van der Waals surface area contributed by atoms with Crippen LogP contribution in [0.4, 0.5) is 0 Å². The first kappa shape index (κ1) is 13.6. The number of hydrogen-bond donors (Lipinski definition) is 1. The summed E-state index contributed by atoms with van der Waals surface area (Å²) in [6.07, 6.45) is 5.45. The molecule has 1 unspecified atom stereocenters. The molecular formula is C15H26N2O. The van der Waals surface area contributed by atoms with Crippen molar-refractivity contribution in [2.45, 2.75) is 39.2 Å². The fourth-order valence-corrected chi connectivity index (χ4v) is 2.56. The van der Waals surface area contributed by atoms with Crippen LogP contribution in [-0.2, 0) is 6.42 Å². The van der Waals surface area contributed by atoms with E-state index in [0.29, 0.717) is 6.04 Å². The van der Waals surface area contributed by atoms with E-state index in [1.54, 1.807) is 6.26 Å². The van der Waals surface area contributed by atoms with Crippen LogP contribution in [-0.4, -0.2) is 37.1 Å². The first-order chi connectivity index (χ1) is 8.74. The Kier molecular flexibility index (Phi) is 5.26. The van der Waals surface area contributed by atoms with Crippen LogP contribution in [0.1, 0.15) is 32.4 Å². The van der Waals surface area contributed by atoms with E-state index in [4.69, 9.17) is 4.42 Å². The van der Waals surface area contributed by atoms with E-state index in [1.807, 2.05) is 12.1 Å². The van der Waals surface area contributed by atoms with Gasteiger partial charge in [-0.05, 0) is 50.9 Å². The first-order valence-corrected chi connectivity index (χ1v) is 7.22. The summed E-state index contributed by atoms with van der Waals surface area (Å²) in [6.45, 7) is 9.39. The zero-order valence-electron chi connectivity index (χ0n) is 11.7. The van der Waals surface area contributed by atoms with E-state index in [2.05, 4.69) is 24.1 Å². The number of hydrogen-bond acceptors (Lipinski definition) is 3. The lowest BCUT2D eigenvalue weighted by Gasteiger charge is -2.30. The molecule has 1 saturated heterocycles. The number of nitrogens with zero attached hydrogens (tertiary/aromatic N) is 1. The Balaban J connectivity index is 1.57. The molecule has 1 N–H and O–H groups in total. The highest BCUT2D eigenvalue weighted by molar-refractivity contribution is 4.99. The van der Waals surface area contributed by atoms with Crippen LogP contribution in [0.25, 0.3) is 0 Å². The lowest BCUT2D eigenvalue weighted by molar-refractivity contribution is 0.191. The molecule has 0 bridgehead atoms. The predicted octanol–water partition coefficient (Wildman–Crippen LogP) is 2.53. The van der Waals surface area contributed by atoms with Crippen LogP contribution >= 0.6 is 0 Å². The Morgan fingerprint density at radius 3 is 2.89 bits per heavy atom. The standard InChI is InChI=1S/C15H26N2O/c1-13-5-8-17(9-6-13)10-7-16-14(2)12-15-4-3-11-18-15/h3-4,11,13-14,16H,5-10,12H2,1-2H3. The van der Waals surface area contributed by atoms with E-state index < -0.39 is 0 Å². The quantitative estimate of drug-likeness (QED) is 0.841. The van der Waals surface area contributed by atoms with Crippen molar-refractivity contribution < 1.29 is 4.42 Å². The average Bonchev–Trinajstić information content (AvgIpc) is 2.84. The van der Waals surface area contributed by atoms with Crippen molar-refractivity contribution in [3.8, 4) is 0 Å². The predicted molar refractivity (Wildman–Crippen MR) is 74.7 cm³/mol. The van der Waals surface area contributed by atoms with E-state index in [-0.39, 0.29) is 0 Å². The minimum absolute atomic E-state index is 0.486. The number of furan rings is 1. The zero-order chi connectivity index (χ0) is 12.8. The molecule has 102 valence electrons. The third-order valence-electron chi connectivity index (χ3n) is 3.88. The molecule has 0 aliphatic carbocycles. The molecule has 2 heterocycles. The van der Waals surface area contributed by atoms with Gasteiger partial charge in [-0.3, -0.25) is 0 Å². The number of likely N-dealkylation sites (tertiary alicyclic amines) is 1.